The molecule has 1 unspecified atom stereocenters. The number of carbonyl (C=O) groups is 2. The van der Waals surface area contributed by atoms with Crippen molar-refractivity contribution in [1.29, 1.82) is 0 Å². The number of nitrogens with one attached hydrogen (secondary N) is 1. The van der Waals surface area contributed by atoms with E-state index >= 15 is 0 Å². The third-order valence-corrected chi connectivity index (χ3v) is 5.85. The minimum atomic E-state index is -0.572. The Morgan fingerprint density at radius 1 is 1.17 bits per heavy atom. The molecule has 5 nitrogen and oxygen atoms in total. The van der Waals surface area contributed by atoms with E-state index in [0.717, 1.165) is 15.6 Å². The predicted octanol–water partition coefficient (Wildman–Crippen LogP) is 4.08. The van der Waals surface area contributed by atoms with Gasteiger partial charge in [-0.15, -0.1) is 0 Å². The van der Waals surface area contributed by atoms with E-state index in [1.807, 2.05) is 55.5 Å². The molecule has 0 aliphatic carbocycles. The van der Waals surface area contributed by atoms with E-state index in [9.17, 15) is 9.59 Å². The highest BCUT2D eigenvalue weighted by Crippen LogP contribution is 2.27. The Bertz CT molecular complexity index is 848. The fourth-order valence-corrected chi connectivity index (χ4v) is 4.08. The highest BCUT2D eigenvalue weighted by molar-refractivity contribution is 9.10. The first-order valence-corrected chi connectivity index (χ1v) is 10.8. The Hall–Kier alpha value is -2.34. The van der Waals surface area contributed by atoms with Gasteiger partial charge in [-0.05, 0) is 65.9 Å². The minimum absolute atomic E-state index is 0.0411. The summed E-state index contributed by atoms with van der Waals surface area (Å²) in [5.41, 5.74) is 2.21. The van der Waals surface area contributed by atoms with Gasteiger partial charge in [0.1, 0.15) is 5.75 Å². The summed E-state index contributed by atoms with van der Waals surface area (Å²) in [6.07, 6.45) is 0.776. The van der Waals surface area contributed by atoms with Gasteiger partial charge >= 0.3 is 0 Å². The van der Waals surface area contributed by atoms with Crippen molar-refractivity contribution >= 4 is 27.7 Å². The summed E-state index contributed by atoms with van der Waals surface area (Å²) in [4.78, 5) is 27.0. The van der Waals surface area contributed by atoms with Gasteiger partial charge in [-0.25, -0.2) is 0 Å². The average Bonchev–Trinajstić information content (AvgIpc) is 2.74. The Morgan fingerprint density at radius 2 is 1.86 bits per heavy atom. The van der Waals surface area contributed by atoms with Crippen LogP contribution >= 0.6 is 15.9 Å². The largest absolute Gasteiger partial charge is 0.480 e. The van der Waals surface area contributed by atoms with Crippen LogP contribution in [0, 0.1) is 12.8 Å². The van der Waals surface area contributed by atoms with E-state index in [-0.39, 0.29) is 17.7 Å². The molecule has 3 rings (SSSR count). The summed E-state index contributed by atoms with van der Waals surface area (Å²) in [6.45, 7) is 5.46. The van der Waals surface area contributed by atoms with Crippen molar-refractivity contribution in [3.05, 3.63) is 64.1 Å². The van der Waals surface area contributed by atoms with Crippen LogP contribution < -0.4 is 10.1 Å². The molecular formula is C23H27BrN2O3. The first kappa shape index (κ1) is 21.4. The molecule has 0 saturated carbocycles. The van der Waals surface area contributed by atoms with Crippen LogP contribution in [0.3, 0.4) is 0 Å². The smallest absolute Gasteiger partial charge is 0.263 e. The Labute approximate surface area is 180 Å². The van der Waals surface area contributed by atoms with Crippen molar-refractivity contribution in [2.24, 2.45) is 5.92 Å². The fraction of sp³-hybridized carbons (Fsp3) is 0.391. The molecule has 1 saturated heterocycles. The van der Waals surface area contributed by atoms with Crippen LogP contribution in [0.1, 0.15) is 30.9 Å². The number of nitrogens with zero attached hydrogens (tertiary/aromatic N) is 1. The van der Waals surface area contributed by atoms with E-state index in [1.165, 1.54) is 0 Å². The maximum Gasteiger partial charge on any atom is 0.263 e. The second-order valence-corrected chi connectivity index (χ2v) is 8.35. The Kier molecular flexibility index (Phi) is 7.31. The van der Waals surface area contributed by atoms with Crippen LogP contribution in [0.2, 0.25) is 0 Å². The number of halogens is 1. The SMILES string of the molecule is Cc1ccc(OC(C)C(=O)N2CCC(C(=O)NCc3ccccc3)CC2)c(Br)c1. The van der Waals surface area contributed by atoms with Gasteiger partial charge in [0.25, 0.3) is 5.91 Å². The third kappa shape index (κ3) is 5.82. The zero-order valence-electron chi connectivity index (χ0n) is 16.9. The first-order chi connectivity index (χ1) is 13.9. The van der Waals surface area contributed by atoms with Crippen molar-refractivity contribution in [2.75, 3.05) is 13.1 Å². The molecule has 6 heteroatoms. The van der Waals surface area contributed by atoms with Gasteiger partial charge in [-0.3, -0.25) is 9.59 Å². The van der Waals surface area contributed by atoms with Crippen LogP contribution in [0.5, 0.6) is 5.75 Å². The van der Waals surface area contributed by atoms with E-state index in [0.29, 0.717) is 38.2 Å². The minimum Gasteiger partial charge on any atom is -0.480 e. The fourth-order valence-electron chi connectivity index (χ4n) is 3.49. The van der Waals surface area contributed by atoms with Crippen molar-refractivity contribution in [2.45, 2.75) is 39.3 Å². The van der Waals surface area contributed by atoms with Gasteiger partial charge in [-0.1, -0.05) is 36.4 Å². The zero-order chi connectivity index (χ0) is 20.8. The number of hydrogen-bond acceptors (Lipinski definition) is 3. The summed E-state index contributed by atoms with van der Waals surface area (Å²) < 4.78 is 6.70. The molecular weight excluding hydrogens is 432 g/mol. The molecule has 2 aromatic carbocycles. The maximum atomic E-state index is 12.8. The van der Waals surface area contributed by atoms with Crippen molar-refractivity contribution < 1.29 is 14.3 Å². The summed E-state index contributed by atoms with van der Waals surface area (Å²) >= 11 is 3.48. The molecule has 0 spiro atoms. The first-order valence-electron chi connectivity index (χ1n) is 9.97. The number of piperidine rings is 1. The van der Waals surface area contributed by atoms with Gasteiger partial charge < -0.3 is 15.0 Å². The number of rotatable bonds is 6. The number of amides is 2. The molecule has 1 heterocycles. The molecule has 0 aromatic heterocycles. The lowest BCUT2D eigenvalue weighted by Gasteiger charge is -2.33. The summed E-state index contributed by atoms with van der Waals surface area (Å²) in [5, 5.41) is 3.01. The van der Waals surface area contributed by atoms with Crippen LogP contribution in [0.25, 0.3) is 0 Å². The van der Waals surface area contributed by atoms with Gasteiger partial charge in [0, 0.05) is 25.6 Å². The second kappa shape index (κ2) is 9.92. The monoisotopic (exact) mass is 458 g/mol. The number of carbonyl (C=O) groups excluding carboxylic acids is 2. The molecule has 1 aliphatic rings. The second-order valence-electron chi connectivity index (χ2n) is 7.50. The Balaban J connectivity index is 1.46. The highest BCUT2D eigenvalue weighted by atomic mass is 79.9. The van der Waals surface area contributed by atoms with E-state index in [2.05, 4.69) is 21.2 Å². The van der Waals surface area contributed by atoms with Crippen molar-refractivity contribution in [3.63, 3.8) is 0 Å². The number of likely N-dealkylation sites (tertiary alicyclic amines) is 1. The predicted molar refractivity (Wildman–Crippen MR) is 117 cm³/mol. The van der Waals surface area contributed by atoms with Crippen LogP contribution in [0.15, 0.2) is 53.0 Å². The van der Waals surface area contributed by atoms with Crippen LogP contribution in [-0.4, -0.2) is 35.9 Å². The number of hydrogen-bond donors (Lipinski definition) is 1. The van der Waals surface area contributed by atoms with Crippen molar-refractivity contribution in [3.8, 4) is 5.75 Å². The summed E-state index contributed by atoms with van der Waals surface area (Å²) in [7, 11) is 0. The lowest BCUT2D eigenvalue weighted by molar-refractivity contribution is -0.141. The maximum absolute atomic E-state index is 12.8. The lowest BCUT2D eigenvalue weighted by atomic mass is 9.95. The van der Waals surface area contributed by atoms with Crippen molar-refractivity contribution in [1.82, 2.24) is 10.2 Å². The molecule has 1 aliphatic heterocycles. The molecule has 0 bridgehead atoms. The van der Waals surface area contributed by atoms with Gasteiger partial charge in [-0.2, -0.15) is 0 Å². The van der Waals surface area contributed by atoms with E-state index in [1.54, 1.807) is 11.8 Å². The lowest BCUT2D eigenvalue weighted by Crippen LogP contribution is -2.47. The molecule has 1 fully saturated rings. The van der Waals surface area contributed by atoms with Gasteiger partial charge in [0.2, 0.25) is 5.91 Å². The summed E-state index contributed by atoms with van der Waals surface area (Å²) in [6, 6.07) is 15.7. The van der Waals surface area contributed by atoms with Crippen LogP contribution in [-0.2, 0) is 16.1 Å². The van der Waals surface area contributed by atoms with E-state index < -0.39 is 6.10 Å². The molecule has 0 radical (unpaired) electrons. The molecule has 1 atom stereocenters. The molecule has 1 N–H and O–H groups in total. The average molecular weight is 459 g/mol. The summed E-state index contributed by atoms with van der Waals surface area (Å²) in [5.74, 6) is 0.631. The molecule has 2 amide bonds. The van der Waals surface area contributed by atoms with E-state index in [4.69, 9.17) is 4.74 Å². The number of benzene rings is 2. The molecule has 2 aromatic rings. The Morgan fingerprint density at radius 3 is 2.52 bits per heavy atom. The zero-order valence-corrected chi connectivity index (χ0v) is 18.4. The third-order valence-electron chi connectivity index (χ3n) is 5.23. The topological polar surface area (TPSA) is 58.6 Å². The number of aryl methyl sites for hydroxylation is 1. The van der Waals surface area contributed by atoms with Crippen LogP contribution in [0.4, 0.5) is 0 Å². The van der Waals surface area contributed by atoms with Gasteiger partial charge in [0.05, 0.1) is 4.47 Å². The molecule has 154 valence electrons. The standard InChI is InChI=1S/C23H27BrN2O3/c1-16-8-9-21(20(24)14-16)29-17(2)23(28)26-12-10-19(11-13-26)22(27)25-15-18-6-4-3-5-7-18/h3-9,14,17,19H,10-13,15H2,1-2H3,(H,25,27). The highest BCUT2D eigenvalue weighted by Gasteiger charge is 2.30. The molecule has 29 heavy (non-hydrogen) atoms. The van der Waals surface area contributed by atoms with Gasteiger partial charge in [0.15, 0.2) is 6.10 Å². The normalized spacial score (nSPS) is 15.6. The quantitative estimate of drug-likeness (QED) is 0.709. The number of ether oxygens (including phenoxy) is 1.